The molecule has 0 saturated heterocycles. The Kier molecular flexibility index (Phi) is 3.98. The molecule has 5 nitrogen and oxygen atoms in total. The molecule has 2 aromatic rings. The number of nitrogens with one attached hydrogen (secondary N) is 2. The molecule has 22 heavy (non-hydrogen) atoms. The van der Waals surface area contributed by atoms with Crippen LogP contribution in [0.4, 0.5) is 5.69 Å². The van der Waals surface area contributed by atoms with E-state index in [1.54, 1.807) is 36.4 Å². The van der Waals surface area contributed by atoms with E-state index in [9.17, 15) is 9.59 Å². The lowest BCUT2D eigenvalue weighted by Crippen LogP contribution is -2.48. The van der Waals surface area contributed by atoms with E-state index in [1.807, 2.05) is 12.1 Å². The van der Waals surface area contributed by atoms with Gasteiger partial charge in [0.25, 0.3) is 17.9 Å². The Bertz CT molecular complexity index is 733. The molecule has 1 aliphatic heterocycles. The number of fused-ring (bicyclic) bond motifs is 1. The van der Waals surface area contributed by atoms with Crippen LogP contribution in [0.1, 0.15) is 5.56 Å². The van der Waals surface area contributed by atoms with Crippen LogP contribution in [0.3, 0.4) is 0 Å². The van der Waals surface area contributed by atoms with E-state index >= 15 is 0 Å². The number of amides is 2. The molecule has 0 bridgehead atoms. The quantitative estimate of drug-likeness (QED) is 0.854. The highest BCUT2D eigenvalue weighted by atomic mass is 35.5. The lowest BCUT2D eigenvalue weighted by molar-refractivity contribution is -0.137. The van der Waals surface area contributed by atoms with Gasteiger partial charge in [-0.25, -0.2) is 0 Å². The van der Waals surface area contributed by atoms with Gasteiger partial charge in [0, 0.05) is 11.6 Å². The Balaban J connectivity index is 1.68. The van der Waals surface area contributed by atoms with Crippen molar-refractivity contribution in [2.75, 3.05) is 5.32 Å². The minimum Gasteiger partial charge on any atom is -0.468 e. The Morgan fingerprint density at radius 2 is 1.91 bits per heavy atom. The van der Waals surface area contributed by atoms with E-state index in [-0.39, 0.29) is 6.54 Å². The van der Waals surface area contributed by atoms with Gasteiger partial charge in [-0.05, 0) is 23.8 Å². The van der Waals surface area contributed by atoms with E-state index in [1.165, 1.54) is 0 Å². The first-order valence-electron chi connectivity index (χ1n) is 6.73. The first kappa shape index (κ1) is 14.4. The number of ether oxygens (including phenoxy) is 1. The summed E-state index contributed by atoms with van der Waals surface area (Å²) in [5, 5.41) is 5.87. The first-order chi connectivity index (χ1) is 10.6. The van der Waals surface area contributed by atoms with Crippen LogP contribution in [0.25, 0.3) is 0 Å². The normalized spacial score (nSPS) is 16.2. The smallest absolute Gasteiger partial charge is 0.275 e. The molecular weight excluding hydrogens is 304 g/mol. The molecule has 2 N–H and O–H groups in total. The molecule has 1 heterocycles. The first-order valence-corrected chi connectivity index (χ1v) is 7.10. The van der Waals surface area contributed by atoms with E-state index in [0.717, 1.165) is 5.56 Å². The van der Waals surface area contributed by atoms with Crippen molar-refractivity contribution in [3.8, 4) is 5.75 Å². The van der Waals surface area contributed by atoms with E-state index < -0.39 is 17.9 Å². The van der Waals surface area contributed by atoms with E-state index in [2.05, 4.69) is 10.6 Å². The summed E-state index contributed by atoms with van der Waals surface area (Å²) in [6.07, 6.45) is -1.21. The number of para-hydroxylation sites is 2. The number of anilines is 1. The van der Waals surface area contributed by atoms with Crippen LogP contribution in [-0.2, 0) is 16.1 Å². The molecule has 2 amide bonds. The maximum absolute atomic E-state index is 12.2. The third-order valence-electron chi connectivity index (χ3n) is 3.28. The van der Waals surface area contributed by atoms with Crippen LogP contribution in [0.5, 0.6) is 5.75 Å². The minimum atomic E-state index is -1.21. The van der Waals surface area contributed by atoms with Crippen molar-refractivity contribution in [1.29, 1.82) is 0 Å². The van der Waals surface area contributed by atoms with Crippen molar-refractivity contribution < 1.29 is 14.3 Å². The maximum Gasteiger partial charge on any atom is 0.275 e. The van der Waals surface area contributed by atoms with Crippen molar-refractivity contribution >= 4 is 29.1 Å². The Morgan fingerprint density at radius 3 is 2.73 bits per heavy atom. The highest BCUT2D eigenvalue weighted by molar-refractivity contribution is 6.31. The summed E-state index contributed by atoms with van der Waals surface area (Å²) in [7, 11) is 0. The summed E-state index contributed by atoms with van der Waals surface area (Å²) >= 11 is 6.03. The SMILES string of the molecule is O=C(NCc1ccccc1Cl)C1Oc2ccccc2NC1=O. The van der Waals surface area contributed by atoms with Gasteiger partial charge in [-0.15, -0.1) is 0 Å². The number of halogens is 1. The standard InChI is InChI=1S/C16H13ClN2O3/c17-11-6-2-1-5-10(11)9-18-15(20)14-16(21)19-12-7-3-4-8-13(12)22-14/h1-8,14H,9H2,(H,18,20)(H,19,21). The molecule has 6 heteroatoms. The number of carbonyl (C=O) groups is 2. The largest absolute Gasteiger partial charge is 0.468 e. The monoisotopic (exact) mass is 316 g/mol. The van der Waals surface area contributed by atoms with E-state index in [0.29, 0.717) is 16.5 Å². The molecule has 2 aromatic carbocycles. The van der Waals surface area contributed by atoms with Gasteiger partial charge in [0.05, 0.1) is 5.69 Å². The Hall–Kier alpha value is -2.53. The van der Waals surface area contributed by atoms with Gasteiger partial charge in [0.1, 0.15) is 5.75 Å². The van der Waals surface area contributed by atoms with Gasteiger partial charge >= 0.3 is 0 Å². The molecule has 1 atom stereocenters. The van der Waals surface area contributed by atoms with Crippen LogP contribution in [0.15, 0.2) is 48.5 Å². The summed E-state index contributed by atoms with van der Waals surface area (Å²) in [4.78, 5) is 24.1. The van der Waals surface area contributed by atoms with E-state index in [4.69, 9.17) is 16.3 Å². The van der Waals surface area contributed by atoms with Crippen LogP contribution < -0.4 is 15.4 Å². The summed E-state index contributed by atoms with van der Waals surface area (Å²) in [6.45, 7) is 0.229. The zero-order valence-corrected chi connectivity index (χ0v) is 12.3. The zero-order valence-electron chi connectivity index (χ0n) is 11.5. The lowest BCUT2D eigenvalue weighted by Gasteiger charge is -2.24. The molecule has 0 fully saturated rings. The van der Waals surface area contributed by atoms with Crippen molar-refractivity contribution in [2.45, 2.75) is 12.6 Å². The van der Waals surface area contributed by atoms with Crippen LogP contribution in [0.2, 0.25) is 5.02 Å². The fourth-order valence-electron chi connectivity index (χ4n) is 2.14. The molecule has 0 saturated carbocycles. The Morgan fingerprint density at radius 1 is 1.18 bits per heavy atom. The molecular formula is C16H13ClN2O3. The summed E-state index contributed by atoms with van der Waals surface area (Å²) in [5.41, 5.74) is 1.33. The second-order valence-corrected chi connectivity index (χ2v) is 5.20. The van der Waals surface area contributed by atoms with Crippen LogP contribution >= 0.6 is 11.6 Å². The van der Waals surface area contributed by atoms with Crippen molar-refractivity contribution in [3.05, 3.63) is 59.1 Å². The Labute approximate surface area is 132 Å². The summed E-state index contributed by atoms with van der Waals surface area (Å²) in [6, 6.07) is 14.1. The fraction of sp³-hybridized carbons (Fsp3) is 0.125. The lowest BCUT2D eigenvalue weighted by atomic mass is 10.2. The zero-order chi connectivity index (χ0) is 15.5. The van der Waals surface area contributed by atoms with Crippen LogP contribution in [-0.4, -0.2) is 17.9 Å². The number of hydrogen-bond acceptors (Lipinski definition) is 3. The second kappa shape index (κ2) is 6.07. The molecule has 0 radical (unpaired) electrons. The topological polar surface area (TPSA) is 67.4 Å². The average molecular weight is 317 g/mol. The molecule has 112 valence electrons. The molecule has 1 aliphatic rings. The van der Waals surface area contributed by atoms with Gasteiger partial charge < -0.3 is 15.4 Å². The predicted molar refractivity (Wildman–Crippen MR) is 82.8 cm³/mol. The van der Waals surface area contributed by atoms with Crippen molar-refractivity contribution in [1.82, 2.24) is 5.32 Å². The van der Waals surface area contributed by atoms with Gasteiger partial charge in [-0.3, -0.25) is 9.59 Å². The average Bonchev–Trinajstić information content (AvgIpc) is 2.53. The molecule has 0 aliphatic carbocycles. The number of carbonyl (C=O) groups excluding carboxylic acids is 2. The predicted octanol–water partition coefficient (Wildman–Crippen LogP) is 2.36. The molecule has 0 aromatic heterocycles. The van der Waals surface area contributed by atoms with Crippen molar-refractivity contribution in [3.63, 3.8) is 0 Å². The maximum atomic E-state index is 12.2. The van der Waals surface area contributed by atoms with Gasteiger partial charge in [0.2, 0.25) is 0 Å². The van der Waals surface area contributed by atoms with Gasteiger partial charge in [-0.2, -0.15) is 0 Å². The highest BCUT2D eigenvalue weighted by Crippen LogP contribution is 2.28. The highest BCUT2D eigenvalue weighted by Gasteiger charge is 2.33. The van der Waals surface area contributed by atoms with Gasteiger partial charge in [0.15, 0.2) is 0 Å². The molecule has 1 unspecified atom stereocenters. The summed E-state index contributed by atoms with van der Waals surface area (Å²) in [5.74, 6) is -0.526. The minimum absolute atomic E-state index is 0.229. The number of benzene rings is 2. The van der Waals surface area contributed by atoms with Crippen LogP contribution in [0, 0.1) is 0 Å². The number of hydrogen-bond donors (Lipinski definition) is 2. The fourth-order valence-corrected chi connectivity index (χ4v) is 2.34. The summed E-state index contributed by atoms with van der Waals surface area (Å²) < 4.78 is 5.47. The molecule has 3 rings (SSSR count). The number of rotatable bonds is 3. The second-order valence-electron chi connectivity index (χ2n) is 4.79. The third-order valence-corrected chi connectivity index (χ3v) is 3.65. The molecule has 0 spiro atoms. The third kappa shape index (κ3) is 2.89. The van der Waals surface area contributed by atoms with Crippen molar-refractivity contribution in [2.24, 2.45) is 0 Å². The van der Waals surface area contributed by atoms with Gasteiger partial charge in [-0.1, -0.05) is 41.9 Å².